The van der Waals surface area contributed by atoms with Gasteiger partial charge >= 0.3 is 5.97 Å². The predicted octanol–water partition coefficient (Wildman–Crippen LogP) is 2.89. The van der Waals surface area contributed by atoms with Crippen molar-refractivity contribution in [2.45, 2.75) is 45.4 Å². The fraction of sp³-hybridized carbons (Fsp3) is 0.714. The first kappa shape index (κ1) is 13.9. The maximum atomic E-state index is 11.8. The van der Waals surface area contributed by atoms with Crippen LogP contribution in [0.25, 0.3) is 0 Å². The van der Waals surface area contributed by atoms with E-state index in [2.05, 4.69) is 6.58 Å². The minimum absolute atomic E-state index is 0.0793. The average molecular weight is 238 g/mol. The summed E-state index contributed by atoms with van der Waals surface area (Å²) in [5.41, 5.74) is 0. The molecule has 1 aliphatic rings. The number of hydrogen-bond acceptors (Lipinski definition) is 3. The summed E-state index contributed by atoms with van der Waals surface area (Å²) in [4.78, 5) is 23.1. The number of rotatable bonds is 6. The maximum absolute atomic E-state index is 11.8. The molecule has 1 saturated carbocycles. The van der Waals surface area contributed by atoms with E-state index in [9.17, 15) is 9.59 Å². The van der Waals surface area contributed by atoms with Crippen LogP contribution in [-0.4, -0.2) is 18.4 Å². The molecule has 0 spiro atoms. The average Bonchev–Trinajstić information content (AvgIpc) is 2.30. The van der Waals surface area contributed by atoms with E-state index in [0.29, 0.717) is 31.1 Å². The number of carbonyl (C=O) groups excluding carboxylic acids is 2. The molecule has 3 heteroatoms. The van der Waals surface area contributed by atoms with Gasteiger partial charge in [-0.2, -0.15) is 0 Å². The van der Waals surface area contributed by atoms with Crippen LogP contribution >= 0.6 is 0 Å². The molecule has 0 aromatic heterocycles. The van der Waals surface area contributed by atoms with Gasteiger partial charge in [-0.05, 0) is 38.5 Å². The first-order valence-electron chi connectivity index (χ1n) is 6.48. The Morgan fingerprint density at radius 3 is 3.00 bits per heavy atom. The molecule has 1 rings (SSSR count). The SMILES string of the molecule is C=CC[C@@H]1C(=O)CCC[C@H]1CCC(=O)OCC. The first-order chi connectivity index (χ1) is 8.19. The lowest BCUT2D eigenvalue weighted by atomic mass is 9.74. The monoisotopic (exact) mass is 238 g/mol. The molecule has 1 fully saturated rings. The molecule has 3 nitrogen and oxygen atoms in total. The first-order valence-corrected chi connectivity index (χ1v) is 6.48. The summed E-state index contributed by atoms with van der Waals surface area (Å²) in [7, 11) is 0. The third-order valence-corrected chi connectivity index (χ3v) is 3.43. The number of Topliss-reactive ketones (excluding diaryl/α,β-unsaturated/α-hetero) is 1. The van der Waals surface area contributed by atoms with Crippen molar-refractivity contribution in [1.82, 2.24) is 0 Å². The van der Waals surface area contributed by atoms with Crippen LogP contribution in [0.2, 0.25) is 0 Å². The van der Waals surface area contributed by atoms with Gasteiger partial charge in [-0.15, -0.1) is 6.58 Å². The molecule has 1 aliphatic carbocycles. The summed E-state index contributed by atoms with van der Waals surface area (Å²) in [6, 6.07) is 0. The van der Waals surface area contributed by atoms with E-state index in [1.54, 1.807) is 0 Å². The van der Waals surface area contributed by atoms with Gasteiger partial charge in [-0.3, -0.25) is 9.59 Å². The summed E-state index contributed by atoms with van der Waals surface area (Å²) >= 11 is 0. The Balaban J connectivity index is 2.45. The molecule has 0 aliphatic heterocycles. The lowest BCUT2D eigenvalue weighted by Gasteiger charge is -2.29. The van der Waals surface area contributed by atoms with Crippen molar-refractivity contribution in [3.8, 4) is 0 Å². The molecule has 0 aromatic rings. The van der Waals surface area contributed by atoms with Crippen LogP contribution in [0.1, 0.15) is 45.4 Å². The van der Waals surface area contributed by atoms with Crippen molar-refractivity contribution >= 4 is 11.8 Å². The zero-order valence-electron chi connectivity index (χ0n) is 10.6. The van der Waals surface area contributed by atoms with Crippen molar-refractivity contribution in [1.29, 1.82) is 0 Å². The summed E-state index contributed by atoms with van der Waals surface area (Å²) in [6.45, 7) is 5.94. The summed E-state index contributed by atoms with van der Waals surface area (Å²) in [5, 5.41) is 0. The second kappa shape index (κ2) is 7.25. The normalized spacial score (nSPS) is 24.4. The van der Waals surface area contributed by atoms with Gasteiger partial charge in [0.2, 0.25) is 0 Å². The van der Waals surface area contributed by atoms with Gasteiger partial charge in [-0.1, -0.05) is 6.08 Å². The number of allylic oxidation sites excluding steroid dienone is 1. The fourth-order valence-corrected chi connectivity index (χ4v) is 2.57. The van der Waals surface area contributed by atoms with Crippen LogP contribution in [0.15, 0.2) is 12.7 Å². The van der Waals surface area contributed by atoms with E-state index in [0.717, 1.165) is 25.7 Å². The van der Waals surface area contributed by atoms with Crippen LogP contribution < -0.4 is 0 Å². The van der Waals surface area contributed by atoms with Crippen molar-refractivity contribution in [2.75, 3.05) is 6.61 Å². The highest BCUT2D eigenvalue weighted by Crippen LogP contribution is 2.33. The smallest absolute Gasteiger partial charge is 0.305 e. The number of hydrogen-bond donors (Lipinski definition) is 0. The minimum atomic E-state index is -0.150. The largest absolute Gasteiger partial charge is 0.466 e. The highest BCUT2D eigenvalue weighted by Gasteiger charge is 2.30. The van der Waals surface area contributed by atoms with Gasteiger partial charge < -0.3 is 4.74 Å². The van der Waals surface area contributed by atoms with Gasteiger partial charge in [0, 0.05) is 18.8 Å². The molecular weight excluding hydrogens is 216 g/mol. The zero-order chi connectivity index (χ0) is 12.7. The fourth-order valence-electron chi connectivity index (χ4n) is 2.57. The Hall–Kier alpha value is -1.12. The molecular formula is C14H22O3. The molecule has 2 atom stereocenters. The van der Waals surface area contributed by atoms with Crippen molar-refractivity contribution < 1.29 is 14.3 Å². The molecule has 96 valence electrons. The molecule has 0 radical (unpaired) electrons. The molecule has 17 heavy (non-hydrogen) atoms. The van der Waals surface area contributed by atoms with Crippen molar-refractivity contribution in [3.05, 3.63) is 12.7 Å². The number of esters is 1. The molecule has 0 amide bonds. The third-order valence-electron chi connectivity index (χ3n) is 3.43. The van der Waals surface area contributed by atoms with Gasteiger partial charge in [0.1, 0.15) is 5.78 Å². The molecule has 0 bridgehead atoms. The van der Waals surface area contributed by atoms with Gasteiger partial charge in [0.15, 0.2) is 0 Å². The minimum Gasteiger partial charge on any atom is -0.466 e. The Morgan fingerprint density at radius 1 is 1.59 bits per heavy atom. The summed E-state index contributed by atoms with van der Waals surface area (Å²) < 4.78 is 4.91. The van der Waals surface area contributed by atoms with E-state index in [4.69, 9.17) is 4.74 Å². The number of carbonyl (C=O) groups is 2. The Kier molecular flexibility index (Phi) is 5.95. The van der Waals surface area contributed by atoms with Gasteiger partial charge in [0.25, 0.3) is 0 Å². The summed E-state index contributed by atoms with van der Waals surface area (Å²) in [6.07, 6.45) is 6.44. The van der Waals surface area contributed by atoms with Crippen LogP contribution in [0.4, 0.5) is 0 Å². The lowest BCUT2D eigenvalue weighted by molar-refractivity contribution is -0.144. The van der Waals surface area contributed by atoms with Crippen molar-refractivity contribution in [3.63, 3.8) is 0 Å². The highest BCUT2D eigenvalue weighted by atomic mass is 16.5. The van der Waals surface area contributed by atoms with E-state index in [-0.39, 0.29) is 11.9 Å². The lowest BCUT2D eigenvalue weighted by Crippen LogP contribution is -2.28. The zero-order valence-corrected chi connectivity index (χ0v) is 10.6. The van der Waals surface area contributed by atoms with E-state index in [1.165, 1.54) is 0 Å². The molecule has 0 heterocycles. The third kappa shape index (κ3) is 4.33. The number of ketones is 1. The van der Waals surface area contributed by atoms with E-state index >= 15 is 0 Å². The second-order valence-corrected chi connectivity index (χ2v) is 4.59. The Labute approximate surface area is 103 Å². The molecule has 0 aromatic carbocycles. The van der Waals surface area contributed by atoms with Crippen LogP contribution in [0.3, 0.4) is 0 Å². The molecule has 0 saturated heterocycles. The standard InChI is InChI=1S/C14H22O3/c1-3-6-12-11(7-5-8-13(12)15)9-10-14(16)17-4-2/h3,11-12H,1,4-10H2,2H3/t11-,12-/m0/s1. The van der Waals surface area contributed by atoms with Crippen LogP contribution in [-0.2, 0) is 14.3 Å². The molecule has 0 N–H and O–H groups in total. The Morgan fingerprint density at radius 2 is 2.35 bits per heavy atom. The molecule has 0 unspecified atom stereocenters. The van der Waals surface area contributed by atoms with Crippen molar-refractivity contribution in [2.24, 2.45) is 11.8 Å². The quantitative estimate of drug-likeness (QED) is 0.528. The van der Waals surface area contributed by atoms with Gasteiger partial charge in [0.05, 0.1) is 6.61 Å². The topological polar surface area (TPSA) is 43.4 Å². The maximum Gasteiger partial charge on any atom is 0.305 e. The van der Waals surface area contributed by atoms with E-state index in [1.807, 2.05) is 13.0 Å². The Bertz CT molecular complexity index is 283. The van der Waals surface area contributed by atoms with Gasteiger partial charge in [-0.25, -0.2) is 0 Å². The van der Waals surface area contributed by atoms with E-state index < -0.39 is 0 Å². The second-order valence-electron chi connectivity index (χ2n) is 4.59. The summed E-state index contributed by atoms with van der Waals surface area (Å²) in [5.74, 6) is 0.599. The predicted molar refractivity (Wildman–Crippen MR) is 66.5 cm³/mol. The van der Waals surface area contributed by atoms with Crippen LogP contribution in [0.5, 0.6) is 0 Å². The van der Waals surface area contributed by atoms with Crippen LogP contribution in [0, 0.1) is 11.8 Å². The highest BCUT2D eigenvalue weighted by molar-refractivity contribution is 5.82. The number of ether oxygens (including phenoxy) is 1.